The molecule has 1 aromatic rings. The van der Waals surface area contributed by atoms with Gasteiger partial charge in [0.1, 0.15) is 6.42 Å². The highest BCUT2D eigenvalue weighted by Crippen LogP contribution is 2.16. The van der Waals surface area contributed by atoms with E-state index in [1.807, 2.05) is 0 Å². The van der Waals surface area contributed by atoms with Crippen LogP contribution in [0.1, 0.15) is 23.7 Å². The van der Waals surface area contributed by atoms with Gasteiger partial charge >= 0.3 is 5.97 Å². The van der Waals surface area contributed by atoms with Crippen LogP contribution >= 0.6 is 0 Å². The first kappa shape index (κ1) is 16.3. The lowest BCUT2D eigenvalue weighted by molar-refractivity contribution is -0.141. The molecule has 7 heteroatoms. The number of esters is 1. The summed E-state index contributed by atoms with van der Waals surface area (Å²) in [7, 11) is -0.796. The van der Waals surface area contributed by atoms with Gasteiger partial charge in [-0.1, -0.05) is 12.1 Å². The van der Waals surface area contributed by atoms with Crippen LogP contribution in [0.4, 0.5) is 0 Å². The molecule has 0 unspecified atom stereocenters. The first-order valence-corrected chi connectivity index (χ1v) is 7.44. The van der Waals surface area contributed by atoms with Crippen LogP contribution in [0.15, 0.2) is 29.2 Å². The van der Waals surface area contributed by atoms with Crippen molar-refractivity contribution in [3.05, 3.63) is 29.8 Å². The average Bonchev–Trinajstić information content (AvgIpc) is 2.38. The number of hydrogen-bond donors (Lipinski definition) is 0. The van der Waals surface area contributed by atoms with Crippen LogP contribution in [0.5, 0.6) is 0 Å². The first-order chi connectivity index (χ1) is 9.28. The molecule has 0 spiro atoms. The van der Waals surface area contributed by atoms with E-state index < -0.39 is 28.2 Å². The molecule has 0 amide bonds. The standard InChI is InChI=1S/C13H17NO5S/c1-4-19-13(16)9-12(15)10-6-5-7-11(8-10)20(17,18)14(2)3/h5-8H,4,9H2,1-3H3. The fourth-order valence-corrected chi connectivity index (χ4v) is 2.43. The minimum atomic E-state index is -3.61. The van der Waals surface area contributed by atoms with Gasteiger partial charge < -0.3 is 4.74 Å². The van der Waals surface area contributed by atoms with E-state index in [4.69, 9.17) is 0 Å². The Morgan fingerprint density at radius 3 is 2.45 bits per heavy atom. The summed E-state index contributed by atoms with van der Waals surface area (Å²) >= 11 is 0. The average molecular weight is 299 g/mol. The van der Waals surface area contributed by atoms with Gasteiger partial charge in [0.05, 0.1) is 11.5 Å². The minimum absolute atomic E-state index is 0.0113. The molecule has 0 aliphatic heterocycles. The van der Waals surface area contributed by atoms with Gasteiger partial charge in [-0.15, -0.1) is 0 Å². The first-order valence-electron chi connectivity index (χ1n) is 6.00. The van der Waals surface area contributed by atoms with Gasteiger partial charge in [-0.3, -0.25) is 9.59 Å². The van der Waals surface area contributed by atoms with Crippen LogP contribution in [0.2, 0.25) is 0 Å². The van der Waals surface area contributed by atoms with Crippen molar-refractivity contribution in [2.45, 2.75) is 18.2 Å². The Balaban J connectivity index is 3.00. The van der Waals surface area contributed by atoms with E-state index in [1.165, 1.54) is 38.4 Å². The maximum Gasteiger partial charge on any atom is 0.313 e. The highest BCUT2D eigenvalue weighted by molar-refractivity contribution is 7.89. The van der Waals surface area contributed by atoms with E-state index in [9.17, 15) is 18.0 Å². The molecule has 110 valence electrons. The number of ether oxygens (including phenoxy) is 1. The van der Waals surface area contributed by atoms with Crippen LogP contribution in [0, 0.1) is 0 Å². The molecule has 0 heterocycles. The molecule has 0 aliphatic carbocycles. The zero-order chi connectivity index (χ0) is 15.3. The Morgan fingerprint density at radius 1 is 1.25 bits per heavy atom. The molecule has 0 saturated heterocycles. The second-order valence-electron chi connectivity index (χ2n) is 4.22. The number of hydrogen-bond acceptors (Lipinski definition) is 5. The van der Waals surface area contributed by atoms with E-state index in [1.54, 1.807) is 6.92 Å². The van der Waals surface area contributed by atoms with Crippen molar-refractivity contribution in [2.75, 3.05) is 20.7 Å². The summed E-state index contributed by atoms with van der Waals surface area (Å²) in [4.78, 5) is 23.1. The largest absolute Gasteiger partial charge is 0.466 e. The lowest BCUT2D eigenvalue weighted by Gasteiger charge is -2.11. The minimum Gasteiger partial charge on any atom is -0.466 e. The molecule has 0 radical (unpaired) electrons. The normalized spacial score (nSPS) is 11.4. The van der Waals surface area contributed by atoms with Crippen molar-refractivity contribution in [2.24, 2.45) is 0 Å². The number of Topliss-reactive ketones (excluding diaryl/α,β-unsaturated/α-hetero) is 1. The molecule has 0 fully saturated rings. The third-order valence-corrected chi connectivity index (χ3v) is 4.36. The maximum absolute atomic E-state index is 12.0. The molecule has 0 saturated carbocycles. The SMILES string of the molecule is CCOC(=O)CC(=O)c1cccc(S(=O)(=O)N(C)C)c1. The molecule has 1 rings (SSSR count). The van der Waals surface area contributed by atoms with E-state index in [0.717, 1.165) is 4.31 Å². The fraction of sp³-hybridized carbons (Fsp3) is 0.385. The van der Waals surface area contributed by atoms with Crippen molar-refractivity contribution in [1.29, 1.82) is 0 Å². The summed E-state index contributed by atoms with van der Waals surface area (Å²) in [5.41, 5.74) is 0.168. The molecule has 0 bridgehead atoms. The van der Waals surface area contributed by atoms with Crippen molar-refractivity contribution < 1.29 is 22.7 Å². The zero-order valence-electron chi connectivity index (χ0n) is 11.6. The molecule has 6 nitrogen and oxygen atoms in total. The third kappa shape index (κ3) is 3.88. The predicted molar refractivity (Wildman–Crippen MR) is 72.9 cm³/mol. The number of nitrogens with zero attached hydrogens (tertiary/aromatic N) is 1. The van der Waals surface area contributed by atoms with Gasteiger partial charge in [0.2, 0.25) is 10.0 Å². The zero-order valence-corrected chi connectivity index (χ0v) is 12.4. The Hall–Kier alpha value is -1.73. The molecular weight excluding hydrogens is 282 g/mol. The summed E-state index contributed by atoms with van der Waals surface area (Å²) in [6.07, 6.45) is -0.403. The van der Waals surface area contributed by atoms with Crippen molar-refractivity contribution in [1.82, 2.24) is 4.31 Å². The lowest BCUT2D eigenvalue weighted by Crippen LogP contribution is -2.22. The van der Waals surface area contributed by atoms with Crippen molar-refractivity contribution >= 4 is 21.8 Å². The Kier molecular flexibility index (Phi) is 5.41. The molecular formula is C13H17NO5S. The highest BCUT2D eigenvalue weighted by Gasteiger charge is 2.19. The van der Waals surface area contributed by atoms with Crippen LogP contribution in [0.25, 0.3) is 0 Å². The Bertz CT molecular complexity index is 607. The van der Waals surface area contributed by atoms with Crippen LogP contribution in [0.3, 0.4) is 0 Å². The van der Waals surface area contributed by atoms with E-state index >= 15 is 0 Å². The Morgan fingerprint density at radius 2 is 1.90 bits per heavy atom. The Labute approximate surface area is 118 Å². The monoisotopic (exact) mass is 299 g/mol. The van der Waals surface area contributed by atoms with Gasteiger partial charge in [0, 0.05) is 19.7 Å². The number of rotatable bonds is 6. The number of sulfonamides is 1. The predicted octanol–water partition coefficient (Wildman–Crippen LogP) is 1.07. The summed E-state index contributed by atoms with van der Waals surface area (Å²) in [5, 5.41) is 0. The van der Waals surface area contributed by atoms with Gasteiger partial charge in [-0.05, 0) is 19.1 Å². The molecule has 0 N–H and O–H groups in total. The van der Waals surface area contributed by atoms with E-state index in [2.05, 4.69) is 4.74 Å². The molecule has 0 atom stereocenters. The van der Waals surface area contributed by atoms with E-state index in [0.29, 0.717) is 0 Å². The summed E-state index contributed by atoms with van der Waals surface area (Å²) in [5.74, 6) is -1.10. The van der Waals surface area contributed by atoms with Crippen molar-refractivity contribution in [3.8, 4) is 0 Å². The fourth-order valence-electron chi connectivity index (χ4n) is 1.49. The number of ketones is 1. The quantitative estimate of drug-likeness (QED) is 0.446. The number of carbonyl (C=O) groups excluding carboxylic acids is 2. The van der Waals surface area contributed by atoms with Gasteiger partial charge in [0.25, 0.3) is 0 Å². The molecule has 20 heavy (non-hydrogen) atoms. The number of benzene rings is 1. The van der Waals surface area contributed by atoms with Crippen LogP contribution in [-0.2, 0) is 19.6 Å². The second kappa shape index (κ2) is 6.62. The smallest absolute Gasteiger partial charge is 0.313 e. The molecule has 0 aliphatic rings. The van der Waals surface area contributed by atoms with Crippen LogP contribution < -0.4 is 0 Å². The van der Waals surface area contributed by atoms with Gasteiger partial charge in [-0.25, -0.2) is 12.7 Å². The topological polar surface area (TPSA) is 80.8 Å². The molecule has 1 aromatic carbocycles. The van der Waals surface area contributed by atoms with Crippen molar-refractivity contribution in [3.63, 3.8) is 0 Å². The summed E-state index contributed by atoms with van der Waals surface area (Å²) in [6, 6.07) is 5.60. The maximum atomic E-state index is 12.0. The second-order valence-corrected chi connectivity index (χ2v) is 6.37. The third-order valence-electron chi connectivity index (χ3n) is 2.54. The summed E-state index contributed by atoms with van der Waals surface area (Å²) < 4.78 is 29.6. The van der Waals surface area contributed by atoms with Gasteiger partial charge in [0.15, 0.2) is 5.78 Å². The van der Waals surface area contributed by atoms with E-state index in [-0.39, 0.29) is 17.1 Å². The van der Waals surface area contributed by atoms with Crippen LogP contribution in [-0.4, -0.2) is 45.2 Å². The lowest BCUT2D eigenvalue weighted by atomic mass is 10.1. The molecule has 0 aromatic heterocycles. The summed E-state index contributed by atoms with van der Waals surface area (Å²) in [6.45, 7) is 1.84. The highest BCUT2D eigenvalue weighted by atomic mass is 32.2. The number of carbonyl (C=O) groups is 2. The van der Waals surface area contributed by atoms with Gasteiger partial charge in [-0.2, -0.15) is 0 Å².